The number of rotatable bonds is 6. The van der Waals surface area contributed by atoms with Crippen molar-refractivity contribution >= 4 is 17.1 Å². The second-order valence-electron chi connectivity index (χ2n) is 5.38. The van der Waals surface area contributed by atoms with E-state index in [9.17, 15) is 5.11 Å². The summed E-state index contributed by atoms with van der Waals surface area (Å²) < 4.78 is 13.2. The van der Waals surface area contributed by atoms with Gasteiger partial charge in [-0.25, -0.2) is 4.98 Å². The van der Waals surface area contributed by atoms with E-state index in [0.29, 0.717) is 30.1 Å². The minimum atomic E-state index is -0.571. The summed E-state index contributed by atoms with van der Waals surface area (Å²) in [5.41, 5.74) is 15.3. The Labute approximate surface area is 137 Å². The summed E-state index contributed by atoms with van der Waals surface area (Å²) in [6, 6.07) is -0.461. The number of azide groups is 1. The standard InChI is InChI=1S/C13H18N8O3/c1-2-3-23-12-10-11(17-13(14)18-12)16-6-21(10)9-4-7(19-20-15)8(5-22)24-9/h6-9,22H,2-5H2,1H3,(H2,14,17,18)/t7?,8-,9-/m1/s1. The van der Waals surface area contributed by atoms with Gasteiger partial charge in [0.2, 0.25) is 11.8 Å². The predicted molar refractivity (Wildman–Crippen MR) is 84.1 cm³/mol. The zero-order chi connectivity index (χ0) is 17.1. The van der Waals surface area contributed by atoms with Crippen LogP contribution >= 0.6 is 0 Å². The van der Waals surface area contributed by atoms with E-state index in [0.717, 1.165) is 6.42 Å². The lowest BCUT2D eigenvalue weighted by Gasteiger charge is -2.15. The number of ether oxygens (including phenoxy) is 2. The number of nitrogens with two attached hydrogens (primary N) is 1. The maximum Gasteiger partial charge on any atom is 0.245 e. The molecule has 0 radical (unpaired) electrons. The Morgan fingerprint density at radius 3 is 3.12 bits per heavy atom. The molecule has 0 saturated carbocycles. The average molecular weight is 334 g/mol. The Balaban J connectivity index is 1.99. The van der Waals surface area contributed by atoms with Crippen molar-refractivity contribution in [1.82, 2.24) is 19.5 Å². The Bertz CT molecular complexity index is 772. The lowest BCUT2D eigenvalue weighted by atomic mass is 10.1. The molecule has 0 bridgehead atoms. The number of hydrogen-bond acceptors (Lipinski definition) is 8. The Hall–Kier alpha value is -2.62. The fourth-order valence-corrected chi connectivity index (χ4v) is 2.69. The van der Waals surface area contributed by atoms with Gasteiger partial charge in [-0.2, -0.15) is 9.97 Å². The van der Waals surface area contributed by atoms with Crippen LogP contribution in [-0.4, -0.2) is 50.0 Å². The molecule has 1 aliphatic heterocycles. The number of nitrogen functional groups attached to an aromatic ring is 1. The molecule has 11 heteroatoms. The van der Waals surface area contributed by atoms with Crippen molar-refractivity contribution in [2.45, 2.75) is 38.1 Å². The highest BCUT2D eigenvalue weighted by atomic mass is 16.5. The SMILES string of the molecule is CCCOc1nc(N)nc2ncn([C@H]3CC(N=[N+]=[N-])[C@@H](CO)O3)c12. The highest BCUT2D eigenvalue weighted by Crippen LogP contribution is 2.35. The normalized spacial score (nSPS) is 23.3. The lowest BCUT2D eigenvalue weighted by Crippen LogP contribution is -2.22. The first-order valence-electron chi connectivity index (χ1n) is 7.61. The Kier molecular flexibility index (Phi) is 4.65. The number of aromatic nitrogens is 4. The van der Waals surface area contributed by atoms with E-state index in [2.05, 4.69) is 25.0 Å². The molecule has 11 nitrogen and oxygen atoms in total. The number of aliphatic hydroxyl groups is 1. The molecule has 0 spiro atoms. The lowest BCUT2D eigenvalue weighted by molar-refractivity contribution is -0.0232. The first-order valence-corrected chi connectivity index (χ1v) is 7.61. The topological polar surface area (TPSA) is 157 Å². The molecule has 2 aromatic heterocycles. The summed E-state index contributed by atoms with van der Waals surface area (Å²) in [5.74, 6) is 0.402. The second-order valence-corrected chi connectivity index (χ2v) is 5.38. The quantitative estimate of drug-likeness (QED) is 0.455. The van der Waals surface area contributed by atoms with Crippen LogP contribution in [0.5, 0.6) is 5.88 Å². The molecule has 0 aliphatic carbocycles. The Morgan fingerprint density at radius 1 is 1.58 bits per heavy atom. The van der Waals surface area contributed by atoms with Gasteiger partial charge in [0.25, 0.3) is 0 Å². The van der Waals surface area contributed by atoms with E-state index in [1.807, 2.05) is 6.92 Å². The molecule has 1 saturated heterocycles. The van der Waals surface area contributed by atoms with Crippen LogP contribution in [0.25, 0.3) is 21.6 Å². The van der Waals surface area contributed by atoms with E-state index in [1.165, 1.54) is 0 Å². The monoisotopic (exact) mass is 334 g/mol. The number of nitrogens with zero attached hydrogens (tertiary/aromatic N) is 7. The Morgan fingerprint density at radius 2 is 2.42 bits per heavy atom. The van der Waals surface area contributed by atoms with Gasteiger partial charge in [0, 0.05) is 11.3 Å². The van der Waals surface area contributed by atoms with Crippen molar-refractivity contribution in [3.63, 3.8) is 0 Å². The third-order valence-electron chi connectivity index (χ3n) is 3.75. The van der Waals surface area contributed by atoms with Crippen LogP contribution in [0.1, 0.15) is 26.0 Å². The zero-order valence-corrected chi connectivity index (χ0v) is 13.1. The van der Waals surface area contributed by atoms with Crippen LogP contribution in [0.3, 0.4) is 0 Å². The van der Waals surface area contributed by atoms with Gasteiger partial charge in [0.1, 0.15) is 6.23 Å². The van der Waals surface area contributed by atoms with Gasteiger partial charge < -0.3 is 20.3 Å². The van der Waals surface area contributed by atoms with Gasteiger partial charge in [-0.15, -0.1) is 0 Å². The van der Waals surface area contributed by atoms with Crippen LogP contribution in [-0.2, 0) is 4.74 Å². The summed E-state index contributed by atoms with van der Waals surface area (Å²) in [5, 5.41) is 13.1. The first-order chi connectivity index (χ1) is 11.7. The van der Waals surface area contributed by atoms with Gasteiger partial charge in [-0.1, -0.05) is 12.0 Å². The molecule has 24 heavy (non-hydrogen) atoms. The molecule has 1 aliphatic rings. The molecular weight excluding hydrogens is 316 g/mol. The number of hydrogen-bond donors (Lipinski definition) is 2. The molecular formula is C13H18N8O3. The molecule has 3 rings (SSSR count). The number of fused-ring (bicyclic) bond motifs is 1. The van der Waals surface area contributed by atoms with E-state index in [4.69, 9.17) is 20.7 Å². The third-order valence-corrected chi connectivity index (χ3v) is 3.75. The molecule has 0 aromatic carbocycles. The van der Waals surface area contributed by atoms with Crippen LogP contribution < -0.4 is 10.5 Å². The summed E-state index contributed by atoms with van der Waals surface area (Å²) in [6.07, 6.45) is 1.72. The summed E-state index contributed by atoms with van der Waals surface area (Å²) >= 11 is 0. The van der Waals surface area contributed by atoms with Gasteiger partial charge in [0.15, 0.2) is 11.2 Å². The average Bonchev–Trinajstić information content (AvgIpc) is 3.16. The summed E-state index contributed by atoms with van der Waals surface area (Å²) in [4.78, 5) is 15.3. The summed E-state index contributed by atoms with van der Waals surface area (Å²) in [7, 11) is 0. The highest BCUT2D eigenvalue weighted by Gasteiger charge is 2.36. The predicted octanol–water partition coefficient (Wildman–Crippen LogP) is 1.16. The smallest absolute Gasteiger partial charge is 0.245 e. The van der Waals surface area contributed by atoms with E-state index in [1.54, 1.807) is 10.9 Å². The van der Waals surface area contributed by atoms with Gasteiger partial charge in [-0.3, -0.25) is 4.57 Å². The zero-order valence-electron chi connectivity index (χ0n) is 13.1. The maximum atomic E-state index is 9.40. The fraction of sp³-hybridized carbons (Fsp3) is 0.615. The molecule has 0 amide bonds. The van der Waals surface area contributed by atoms with Crippen LogP contribution in [0.4, 0.5) is 5.95 Å². The van der Waals surface area contributed by atoms with Crippen LogP contribution in [0, 0.1) is 0 Å². The second kappa shape index (κ2) is 6.87. The van der Waals surface area contributed by atoms with Gasteiger partial charge >= 0.3 is 0 Å². The molecule has 1 unspecified atom stereocenters. The molecule has 3 N–H and O–H groups in total. The molecule has 1 fully saturated rings. The van der Waals surface area contributed by atoms with Crippen molar-refractivity contribution < 1.29 is 14.6 Å². The maximum absolute atomic E-state index is 9.40. The van der Waals surface area contributed by atoms with E-state index in [-0.39, 0.29) is 12.6 Å². The van der Waals surface area contributed by atoms with E-state index < -0.39 is 18.4 Å². The number of anilines is 1. The largest absolute Gasteiger partial charge is 0.476 e. The summed E-state index contributed by atoms with van der Waals surface area (Å²) in [6.45, 7) is 2.22. The third kappa shape index (κ3) is 2.92. The van der Waals surface area contributed by atoms with Gasteiger partial charge in [-0.05, 0) is 12.0 Å². The van der Waals surface area contributed by atoms with Gasteiger partial charge in [0.05, 0.1) is 31.7 Å². The van der Waals surface area contributed by atoms with Crippen molar-refractivity contribution in [1.29, 1.82) is 0 Å². The molecule has 128 valence electrons. The van der Waals surface area contributed by atoms with Crippen molar-refractivity contribution in [2.24, 2.45) is 5.11 Å². The van der Waals surface area contributed by atoms with Crippen molar-refractivity contribution in [3.8, 4) is 5.88 Å². The van der Waals surface area contributed by atoms with E-state index >= 15 is 0 Å². The van der Waals surface area contributed by atoms with Crippen molar-refractivity contribution in [3.05, 3.63) is 16.8 Å². The number of aliphatic hydroxyl groups excluding tert-OH is 1. The van der Waals surface area contributed by atoms with Crippen LogP contribution in [0.15, 0.2) is 11.4 Å². The first kappa shape index (κ1) is 16.2. The molecule has 3 atom stereocenters. The number of imidazole rings is 1. The molecule has 3 heterocycles. The highest BCUT2D eigenvalue weighted by molar-refractivity contribution is 5.77. The fourth-order valence-electron chi connectivity index (χ4n) is 2.69. The van der Waals surface area contributed by atoms with Crippen LogP contribution in [0.2, 0.25) is 0 Å². The minimum Gasteiger partial charge on any atom is -0.476 e. The minimum absolute atomic E-state index is 0.0754. The van der Waals surface area contributed by atoms with Crippen molar-refractivity contribution in [2.75, 3.05) is 18.9 Å². The molecule has 2 aromatic rings.